The number of rotatable bonds is 6. The summed E-state index contributed by atoms with van der Waals surface area (Å²) in [4.78, 5) is 4.80. The summed E-state index contributed by atoms with van der Waals surface area (Å²) in [6.45, 7) is 1.12. The molecule has 106 valence electrons. The maximum Gasteiger partial charge on any atom is 0.0406 e. The van der Waals surface area contributed by atoms with E-state index in [-0.39, 0.29) is 0 Å². The van der Waals surface area contributed by atoms with Gasteiger partial charge in [-0.1, -0.05) is 41.6 Å². The lowest BCUT2D eigenvalue weighted by atomic mass is 10.1. The molecule has 3 heteroatoms. The number of hydrogen-bond donors (Lipinski definition) is 0. The van der Waals surface area contributed by atoms with Crippen LogP contribution in [0.25, 0.3) is 0 Å². The van der Waals surface area contributed by atoms with E-state index < -0.39 is 0 Å². The molecule has 0 amide bonds. The van der Waals surface area contributed by atoms with Crippen LogP contribution in [0.3, 0.4) is 0 Å². The van der Waals surface area contributed by atoms with Crippen LogP contribution in [0.4, 0.5) is 0 Å². The zero-order valence-electron chi connectivity index (χ0n) is 12.0. The van der Waals surface area contributed by atoms with Crippen LogP contribution < -0.4 is 0 Å². The Kier molecular flexibility index (Phi) is 5.96. The minimum absolute atomic E-state index is 0.786. The molecule has 0 saturated carbocycles. The van der Waals surface area contributed by atoms with Gasteiger partial charge in [0.2, 0.25) is 0 Å². The van der Waals surface area contributed by atoms with Crippen LogP contribution in [0.1, 0.15) is 12.0 Å². The summed E-state index contributed by atoms with van der Waals surface area (Å²) in [5.41, 5.74) is 1.43. The van der Waals surface area contributed by atoms with Gasteiger partial charge in [-0.2, -0.15) is 0 Å². The van der Waals surface area contributed by atoms with E-state index in [1.54, 1.807) is 0 Å². The number of halogens is 1. The Bertz CT molecular complexity index is 537. The largest absolute Gasteiger partial charge is 0.309 e. The molecule has 0 atom stereocenters. The third-order valence-corrected chi connectivity index (χ3v) is 4.44. The van der Waals surface area contributed by atoms with E-state index in [0.29, 0.717) is 0 Å². The molecule has 0 fully saturated rings. The second-order valence-corrected chi connectivity index (χ2v) is 6.62. The smallest absolute Gasteiger partial charge is 0.0406 e. The summed E-state index contributed by atoms with van der Waals surface area (Å²) in [5, 5.41) is 0.786. The zero-order chi connectivity index (χ0) is 14.4. The van der Waals surface area contributed by atoms with Crippen LogP contribution >= 0.6 is 23.4 Å². The topological polar surface area (TPSA) is 3.24 Å². The lowest BCUT2D eigenvalue weighted by Gasteiger charge is -2.12. The van der Waals surface area contributed by atoms with Crippen molar-refractivity contribution in [1.82, 2.24) is 4.90 Å². The Labute approximate surface area is 130 Å². The van der Waals surface area contributed by atoms with Crippen molar-refractivity contribution in [2.75, 3.05) is 20.6 Å². The molecule has 2 rings (SSSR count). The summed E-state index contributed by atoms with van der Waals surface area (Å²) in [6.07, 6.45) is 2.31. The SMILES string of the molecule is CN(C)CCCc1ccccc1Sc1ccc(Cl)cc1. The molecule has 0 aliphatic carbocycles. The molecule has 0 unspecified atom stereocenters. The number of aryl methyl sites for hydroxylation is 1. The first kappa shape index (κ1) is 15.4. The molecule has 0 heterocycles. The van der Waals surface area contributed by atoms with Crippen molar-refractivity contribution in [2.45, 2.75) is 22.6 Å². The molecule has 0 N–H and O–H groups in total. The molecule has 0 spiro atoms. The van der Waals surface area contributed by atoms with Gasteiger partial charge < -0.3 is 4.90 Å². The molecule has 2 aromatic rings. The van der Waals surface area contributed by atoms with Gasteiger partial charge in [0.05, 0.1) is 0 Å². The fourth-order valence-corrected chi connectivity index (χ4v) is 3.13. The average molecular weight is 306 g/mol. The molecule has 0 aliphatic heterocycles. The Morgan fingerprint density at radius 3 is 2.40 bits per heavy atom. The Hall–Kier alpha value is -0.960. The van der Waals surface area contributed by atoms with Crippen LogP contribution in [0.15, 0.2) is 58.3 Å². The highest BCUT2D eigenvalue weighted by atomic mass is 35.5. The predicted molar refractivity (Wildman–Crippen MR) is 88.9 cm³/mol. The van der Waals surface area contributed by atoms with E-state index in [0.717, 1.165) is 18.0 Å². The molecule has 0 radical (unpaired) electrons. The minimum Gasteiger partial charge on any atom is -0.309 e. The van der Waals surface area contributed by atoms with Gasteiger partial charge in [-0.15, -0.1) is 0 Å². The van der Waals surface area contributed by atoms with Gasteiger partial charge in [-0.3, -0.25) is 0 Å². The molecule has 1 nitrogen and oxygen atoms in total. The van der Waals surface area contributed by atoms with Gasteiger partial charge in [-0.05, 0) is 69.4 Å². The van der Waals surface area contributed by atoms with Crippen molar-refractivity contribution < 1.29 is 0 Å². The van der Waals surface area contributed by atoms with Gasteiger partial charge in [-0.25, -0.2) is 0 Å². The highest BCUT2D eigenvalue weighted by Crippen LogP contribution is 2.31. The number of nitrogens with zero attached hydrogens (tertiary/aromatic N) is 1. The second-order valence-electron chi connectivity index (χ2n) is 5.07. The normalized spacial score (nSPS) is 11.0. The predicted octanol–water partition coefficient (Wildman–Crippen LogP) is 4.99. The van der Waals surface area contributed by atoms with Crippen LogP contribution in [0.5, 0.6) is 0 Å². The Morgan fingerprint density at radius 1 is 1.00 bits per heavy atom. The van der Waals surface area contributed by atoms with E-state index in [1.165, 1.54) is 21.8 Å². The summed E-state index contributed by atoms with van der Waals surface area (Å²) < 4.78 is 0. The summed E-state index contributed by atoms with van der Waals surface area (Å²) in [5.74, 6) is 0. The van der Waals surface area contributed by atoms with Crippen LogP contribution in [-0.4, -0.2) is 25.5 Å². The second kappa shape index (κ2) is 7.72. The molecule has 0 saturated heterocycles. The van der Waals surface area contributed by atoms with Crippen molar-refractivity contribution in [2.24, 2.45) is 0 Å². The molecule has 0 aliphatic rings. The van der Waals surface area contributed by atoms with E-state index in [1.807, 2.05) is 23.9 Å². The first-order valence-electron chi connectivity index (χ1n) is 6.81. The maximum absolute atomic E-state index is 5.93. The van der Waals surface area contributed by atoms with Crippen LogP contribution in [0.2, 0.25) is 5.02 Å². The lowest BCUT2D eigenvalue weighted by molar-refractivity contribution is 0.400. The standard InChI is InChI=1S/C17H20ClNS/c1-19(2)13-5-7-14-6-3-4-8-17(14)20-16-11-9-15(18)10-12-16/h3-4,6,8-12H,5,7,13H2,1-2H3. The monoisotopic (exact) mass is 305 g/mol. The van der Waals surface area contributed by atoms with Gasteiger partial charge in [0.1, 0.15) is 0 Å². The van der Waals surface area contributed by atoms with Gasteiger partial charge in [0.15, 0.2) is 0 Å². The van der Waals surface area contributed by atoms with Crippen molar-refractivity contribution in [1.29, 1.82) is 0 Å². The first-order chi connectivity index (χ1) is 9.65. The summed E-state index contributed by atoms with van der Waals surface area (Å²) >= 11 is 7.74. The van der Waals surface area contributed by atoms with Crippen molar-refractivity contribution >= 4 is 23.4 Å². The summed E-state index contributed by atoms with van der Waals surface area (Å²) in [7, 11) is 4.24. The number of hydrogen-bond acceptors (Lipinski definition) is 2. The molecule has 2 aromatic carbocycles. The highest BCUT2D eigenvalue weighted by Gasteiger charge is 2.04. The van der Waals surface area contributed by atoms with Gasteiger partial charge in [0, 0.05) is 14.8 Å². The Morgan fingerprint density at radius 2 is 1.70 bits per heavy atom. The zero-order valence-corrected chi connectivity index (χ0v) is 13.5. The van der Waals surface area contributed by atoms with Crippen LogP contribution in [0, 0.1) is 0 Å². The minimum atomic E-state index is 0.786. The third-order valence-electron chi connectivity index (χ3n) is 3.07. The van der Waals surface area contributed by atoms with Crippen molar-refractivity contribution in [3.8, 4) is 0 Å². The molecule has 20 heavy (non-hydrogen) atoms. The van der Waals surface area contributed by atoms with E-state index in [4.69, 9.17) is 11.6 Å². The van der Waals surface area contributed by atoms with Crippen molar-refractivity contribution in [3.05, 3.63) is 59.1 Å². The first-order valence-corrected chi connectivity index (χ1v) is 8.00. The molecular weight excluding hydrogens is 286 g/mol. The van der Waals surface area contributed by atoms with Gasteiger partial charge in [0.25, 0.3) is 0 Å². The molecule has 0 bridgehead atoms. The quantitative estimate of drug-likeness (QED) is 0.740. The van der Waals surface area contributed by atoms with E-state index in [2.05, 4.69) is 55.4 Å². The lowest BCUT2D eigenvalue weighted by Crippen LogP contribution is -2.13. The Balaban J connectivity index is 2.05. The fourth-order valence-electron chi connectivity index (χ4n) is 2.03. The van der Waals surface area contributed by atoms with Gasteiger partial charge >= 0.3 is 0 Å². The molecule has 0 aromatic heterocycles. The average Bonchev–Trinajstić information content (AvgIpc) is 2.43. The number of benzene rings is 2. The van der Waals surface area contributed by atoms with Crippen molar-refractivity contribution in [3.63, 3.8) is 0 Å². The van der Waals surface area contributed by atoms with E-state index >= 15 is 0 Å². The third kappa shape index (κ3) is 4.86. The summed E-state index contributed by atoms with van der Waals surface area (Å²) in [6, 6.07) is 16.7. The fraction of sp³-hybridized carbons (Fsp3) is 0.294. The highest BCUT2D eigenvalue weighted by molar-refractivity contribution is 7.99. The van der Waals surface area contributed by atoms with E-state index in [9.17, 15) is 0 Å². The van der Waals surface area contributed by atoms with Crippen LogP contribution in [-0.2, 0) is 6.42 Å². The molecular formula is C17H20ClNS. The maximum atomic E-state index is 5.93.